The Labute approximate surface area is 117 Å². The van der Waals surface area contributed by atoms with Crippen LogP contribution in [0.3, 0.4) is 0 Å². The molecule has 0 aliphatic heterocycles. The van der Waals surface area contributed by atoms with Crippen molar-refractivity contribution in [3.8, 4) is 0 Å². The third-order valence-electron chi connectivity index (χ3n) is 3.23. The van der Waals surface area contributed by atoms with Crippen LogP contribution in [0.1, 0.15) is 18.2 Å². The highest BCUT2D eigenvalue weighted by Crippen LogP contribution is 2.12. The zero-order chi connectivity index (χ0) is 14.5. The summed E-state index contributed by atoms with van der Waals surface area (Å²) < 4.78 is 26.3. The van der Waals surface area contributed by atoms with Crippen molar-refractivity contribution in [2.24, 2.45) is 0 Å². The number of aromatic nitrogens is 2. The number of halogens is 2. The van der Waals surface area contributed by atoms with Crippen LogP contribution in [0.4, 0.5) is 8.78 Å². The minimum absolute atomic E-state index is 0.193. The van der Waals surface area contributed by atoms with Crippen molar-refractivity contribution in [2.45, 2.75) is 25.9 Å². The van der Waals surface area contributed by atoms with Gasteiger partial charge < -0.3 is 0 Å². The second-order valence-corrected chi connectivity index (χ2v) is 4.94. The average Bonchev–Trinajstić information content (AvgIpc) is 2.38. The predicted octanol–water partition coefficient (Wildman–Crippen LogP) is 2.82. The molecule has 0 saturated carbocycles. The molecule has 5 heteroatoms. The molecule has 0 unspecified atom stereocenters. The summed E-state index contributed by atoms with van der Waals surface area (Å²) in [6.45, 7) is 2.53. The molecule has 1 aromatic heterocycles. The van der Waals surface area contributed by atoms with Gasteiger partial charge in [-0.05, 0) is 31.7 Å². The van der Waals surface area contributed by atoms with Crippen molar-refractivity contribution in [3.63, 3.8) is 0 Å². The third-order valence-corrected chi connectivity index (χ3v) is 3.23. The number of hydrogen-bond acceptors (Lipinski definition) is 3. The molecule has 1 heterocycles. The molecule has 0 spiro atoms. The number of hydrogen-bond donors (Lipinski definition) is 0. The lowest BCUT2D eigenvalue weighted by Crippen LogP contribution is -2.30. The molecule has 1 atom stereocenters. The highest BCUT2D eigenvalue weighted by atomic mass is 19.1. The van der Waals surface area contributed by atoms with Gasteiger partial charge in [-0.3, -0.25) is 14.9 Å². The highest BCUT2D eigenvalue weighted by molar-refractivity contribution is 5.17. The maximum atomic E-state index is 13.1. The Morgan fingerprint density at radius 3 is 2.45 bits per heavy atom. The first-order valence-corrected chi connectivity index (χ1v) is 6.44. The van der Waals surface area contributed by atoms with Gasteiger partial charge in [-0.25, -0.2) is 8.78 Å². The summed E-state index contributed by atoms with van der Waals surface area (Å²) in [6.07, 6.45) is 5.76. The van der Waals surface area contributed by atoms with E-state index in [1.165, 1.54) is 12.1 Å². The number of benzene rings is 1. The Balaban J connectivity index is 1.98. The van der Waals surface area contributed by atoms with E-state index in [9.17, 15) is 8.78 Å². The van der Waals surface area contributed by atoms with E-state index >= 15 is 0 Å². The molecule has 0 radical (unpaired) electrons. The molecule has 1 aromatic carbocycles. The van der Waals surface area contributed by atoms with Crippen molar-refractivity contribution in [3.05, 3.63) is 59.7 Å². The molecular weight excluding hydrogens is 260 g/mol. The topological polar surface area (TPSA) is 29.0 Å². The fourth-order valence-corrected chi connectivity index (χ4v) is 2.04. The van der Waals surface area contributed by atoms with Crippen LogP contribution in [-0.4, -0.2) is 28.0 Å². The van der Waals surface area contributed by atoms with Gasteiger partial charge in [0.05, 0.1) is 5.69 Å². The second-order valence-electron chi connectivity index (χ2n) is 4.94. The molecule has 0 aliphatic rings. The lowest BCUT2D eigenvalue weighted by atomic mass is 10.1. The first-order valence-electron chi connectivity index (χ1n) is 6.44. The van der Waals surface area contributed by atoms with Gasteiger partial charge in [0.2, 0.25) is 0 Å². The minimum atomic E-state index is -0.546. The van der Waals surface area contributed by atoms with Crippen LogP contribution in [0, 0.1) is 11.6 Å². The van der Waals surface area contributed by atoms with Crippen molar-refractivity contribution in [1.82, 2.24) is 14.9 Å². The zero-order valence-corrected chi connectivity index (χ0v) is 11.6. The van der Waals surface area contributed by atoms with Crippen LogP contribution in [0.2, 0.25) is 0 Å². The molecule has 106 valence electrons. The predicted molar refractivity (Wildman–Crippen MR) is 73.0 cm³/mol. The van der Waals surface area contributed by atoms with E-state index in [-0.39, 0.29) is 6.04 Å². The van der Waals surface area contributed by atoms with Crippen molar-refractivity contribution in [2.75, 3.05) is 7.05 Å². The Bertz CT molecular complexity index is 540. The zero-order valence-electron chi connectivity index (χ0n) is 11.6. The largest absolute Gasteiger partial charge is 0.299 e. The van der Waals surface area contributed by atoms with Gasteiger partial charge in [-0.15, -0.1) is 0 Å². The normalized spacial score (nSPS) is 12.7. The lowest BCUT2D eigenvalue weighted by Gasteiger charge is -2.24. The van der Waals surface area contributed by atoms with Crippen LogP contribution in [0.25, 0.3) is 0 Å². The Morgan fingerprint density at radius 2 is 1.85 bits per heavy atom. The summed E-state index contributed by atoms with van der Waals surface area (Å²) in [5, 5.41) is 0. The number of likely N-dealkylation sites (N-methyl/N-ethyl adjacent to an activating group) is 1. The lowest BCUT2D eigenvalue weighted by molar-refractivity contribution is 0.246. The monoisotopic (exact) mass is 277 g/mol. The summed E-state index contributed by atoms with van der Waals surface area (Å²) in [4.78, 5) is 10.3. The Kier molecular flexibility index (Phi) is 4.74. The SMILES string of the molecule is C[C@@H](Cc1cnccn1)N(C)Cc1cc(F)cc(F)c1. The van der Waals surface area contributed by atoms with E-state index in [2.05, 4.69) is 9.97 Å². The smallest absolute Gasteiger partial charge is 0.126 e. The molecule has 0 saturated heterocycles. The number of rotatable bonds is 5. The molecule has 3 nitrogen and oxygen atoms in total. The van der Waals surface area contributed by atoms with E-state index in [0.29, 0.717) is 12.1 Å². The van der Waals surface area contributed by atoms with Gasteiger partial charge in [0, 0.05) is 43.7 Å². The standard InChI is InChI=1S/C15H17F2N3/c1-11(5-15-9-18-3-4-19-15)20(2)10-12-6-13(16)8-14(17)7-12/h3-4,6-9,11H,5,10H2,1-2H3/t11-/m0/s1. The summed E-state index contributed by atoms with van der Waals surface area (Å²) in [7, 11) is 1.92. The number of nitrogens with zero attached hydrogens (tertiary/aromatic N) is 3. The molecular formula is C15H17F2N3. The van der Waals surface area contributed by atoms with Crippen LogP contribution in [-0.2, 0) is 13.0 Å². The molecule has 0 amide bonds. The van der Waals surface area contributed by atoms with Gasteiger partial charge >= 0.3 is 0 Å². The van der Waals surface area contributed by atoms with E-state index in [1.807, 2.05) is 18.9 Å². The van der Waals surface area contributed by atoms with Crippen LogP contribution in [0.5, 0.6) is 0 Å². The fourth-order valence-electron chi connectivity index (χ4n) is 2.04. The van der Waals surface area contributed by atoms with Crippen LogP contribution >= 0.6 is 0 Å². The van der Waals surface area contributed by atoms with Crippen molar-refractivity contribution >= 4 is 0 Å². The third kappa shape index (κ3) is 4.06. The molecule has 2 aromatic rings. The van der Waals surface area contributed by atoms with Gasteiger partial charge in [0.1, 0.15) is 11.6 Å². The minimum Gasteiger partial charge on any atom is -0.299 e. The van der Waals surface area contributed by atoms with Crippen molar-refractivity contribution in [1.29, 1.82) is 0 Å². The summed E-state index contributed by atoms with van der Waals surface area (Å²) in [6, 6.07) is 3.79. The first-order chi connectivity index (χ1) is 9.54. The first kappa shape index (κ1) is 14.5. The Morgan fingerprint density at radius 1 is 1.15 bits per heavy atom. The van der Waals surface area contributed by atoms with Gasteiger partial charge in [0.25, 0.3) is 0 Å². The summed E-state index contributed by atoms with van der Waals surface area (Å²) in [5.41, 5.74) is 1.52. The fraction of sp³-hybridized carbons (Fsp3) is 0.333. The molecule has 0 bridgehead atoms. The second kappa shape index (κ2) is 6.52. The van der Waals surface area contributed by atoms with E-state index < -0.39 is 11.6 Å². The summed E-state index contributed by atoms with van der Waals surface area (Å²) >= 11 is 0. The molecule has 0 fully saturated rings. The van der Waals surface area contributed by atoms with E-state index in [0.717, 1.165) is 18.2 Å². The van der Waals surface area contributed by atoms with Crippen molar-refractivity contribution < 1.29 is 8.78 Å². The maximum absolute atomic E-state index is 13.1. The van der Waals surface area contributed by atoms with Crippen LogP contribution in [0.15, 0.2) is 36.8 Å². The highest BCUT2D eigenvalue weighted by Gasteiger charge is 2.12. The molecule has 0 aliphatic carbocycles. The van der Waals surface area contributed by atoms with Gasteiger partial charge in [-0.2, -0.15) is 0 Å². The average molecular weight is 277 g/mol. The maximum Gasteiger partial charge on any atom is 0.126 e. The van der Waals surface area contributed by atoms with E-state index in [4.69, 9.17) is 0 Å². The summed E-state index contributed by atoms with van der Waals surface area (Å²) in [5.74, 6) is -1.09. The molecule has 0 N–H and O–H groups in total. The van der Waals surface area contributed by atoms with Gasteiger partial charge in [0.15, 0.2) is 0 Å². The molecule has 20 heavy (non-hydrogen) atoms. The quantitative estimate of drug-likeness (QED) is 0.841. The van der Waals surface area contributed by atoms with Crippen LogP contribution < -0.4 is 0 Å². The van der Waals surface area contributed by atoms with Gasteiger partial charge in [-0.1, -0.05) is 0 Å². The van der Waals surface area contributed by atoms with E-state index in [1.54, 1.807) is 18.6 Å². The molecule has 2 rings (SSSR count). The Hall–Kier alpha value is -1.88.